The van der Waals surface area contributed by atoms with E-state index in [1.165, 1.54) is 16.7 Å². The number of likely N-dealkylation sites (tertiary alicyclic amines) is 1. The number of hydrogen-bond donors (Lipinski definition) is 2. The highest BCUT2D eigenvalue weighted by molar-refractivity contribution is 6.42. The third-order valence-electron chi connectivity index (χ3n) is 6.80. The molecule has 1 heterocycles. The van der Waals surface area contributed by atoms with Crippen molar-refractivity contribution in [2.45, 2.75) is 52.9 Å². The highest BCUT2D eigenvalue weighted by Gasteiger charge is 2.24. The van der Waals surface area contributed by atoms with E-state index in [2.05, 4.69) is 43.5 Å². The number of rotatable bonds is 11. The largest absolute Gasteiger partial charge is 0.481 e. The zero-order valence-corrected chi connectivity index (χ0v) is 28.5. The van der Waals surface area contributed by atoms with E-state index < -0.39 is 11.9 Å². The molecule has 9 heteroatoms. The highest BCUT2D eigenvalue weighted by Crippen LogP contribution is 2.26. The second kappa shape index (κ2) is 21.7. The maximum Gasteiger partial charge on any atom is 0.303 e. The number of halogens is 2. The third kappa shape index (κ3) is 15.8. The van der Waals surface area contributed by atoms with Crippen LogP contribution in [0.4, 0.5) is 0 Å². The Morgan fingerprint density at radius 1 is 0.957 bits per heavy atom. The summed E-state index contributed by atoms with van der Waals surface area (Å²) in [5.41, 5.74) is 11.9. The molecule has 1 saturated heterocycles. The van der Waals surface area contributed by atoms with Gasteiger partial charge in [-0.1, -0.05) is 83.9 Å². The van der Waals surface area contributed by atoms with Gasteiger partial charge in [-0.25, -0.2) is 0 Å². The third-order valence-corrected chi connectivity index (χ3v) is 7.54. The Bertz CT molecular complexity index is 1420. The van der Waals surface area contributed by atoms with Crippen molar-refractivity contribution in [3.8, 4) is 0 Å². The molecular formula is C37H44Cl2N2O5. The molecule has 0 spiro atoms. The van der Waals surface area contributed by atoms with Crippen LogP contribution in [0.15, 0.2) is 84.0 Å². The number of hydrogen-bond acceptors (Lipinski definition) is 5. The topological polar surface area (TPSA) is 118 Å². The number of allylic oxidation sites excluding steroid dienone is 5. The molecule has 3 rings (SSSR count). The summed E-state index contributed by atoms with van der Waals surface area (Å²) in [7, 11) is 2.02. The first-order valence-corrected chi connectivity index (χ1v) is 15.6. The Morgan fingerprint density at radius 2 is 1.57 bits per heavy atom. The smallest absolute Gasteiger partial charge is 0.303 e. The van der Waals surface area contributed by atoms with Crippen LogP contribution in [0.5, 0.6) is 0 Å². The van der Waals surface area contributed by atoms with E-state index in [0.717, 1.165) is 35.0 Å². The molecule has 0 bridgehead atoms. The van der Waals surface area contributed by atoms with Gasteiger partial charge in [-0.2, -0.15) is 0 Å². The van der Waals surface area contributed by atoms with Crippen molar-refractivity contribution in [3.05, 3.63) is 116 Å². The Morgan fingerprint density at radius 3 is 2.07 bits per heavy atom. The number of carboxylic acids is 1. The predicted octanol–water partition coefficient (Wildman–Crippen LogP) is 7.97. The number of ketones is 1. The van der Waals surface area contributed by atoms with Gasteiger partial charge >= 0.3 is 5.97 Å². The molecule has 246 valence electrons. The fraction of sp³-hybridized carbons (Fsp3) is 0.297. The molecule has 0 aliphatic carbocycles. The van der Waals surface area contributed by atoms with Gasteiger partial charge in [-0.05, 0) is 87.2 Å². The number of primary amides is 1. The SMILES string of the molecule is C=C/C=C\C(=C/C)CCC=O.Cc1ccc(/C=C2\CN(C)C/C(=C\c3ccc(Cl)c(Cl)c3)C2=O)cc1C.NC(=O)CCCC(=O)O. The number of aliphatic carboxylic acids is 1. The monoisotopic (exact) mass is 666 g/mol. The fourth-order valence-electron chi connectivity index (χ4n) is 4.22. The number of carboxylic acid groups (broad SMARTS) is 1. The fourth-order valence-corrected chi connectivity index (χ4v) is 4.53. The van der Waals surface area contributed by atoms with Crippen molar-refractivity contribution in [1.82, 2.24) is 4.90 Å². The van der Waals surface area contributed by atoms with Gasteiger partial charge in [0.1, 0.15) is 6.29 Å². The van der Waals surface area contributed by atoms with Crippen molar-refractivity contribution < 1.29 is 24.3 Å². The number of nitrogens with two attached hydrogens (primary N) is 1. The maximum atomic E-state index is 13.0. The van der Waals surface area contributed by atoms with Crippen LogP contribution in [0.25, 0.3) is 12.2 Å². The zero-order valence-electron chi connectivity index (χ0n) is 27.0. The van der Waals surface area contributed by atoms with Gasteiger partial charge in [0.2, 0.25) is 5.91 Å². The van der Waals surface area contributed by atoms with Crippen molar-refractivity contribution in [2.24, 2.45) is 5.73 Å². The lowest BCUT2D eigenvalue weighted by atomic mass is 9.94. The van der Waals surface area contributed by atoms with Gasteiger partial charge in [-0.15, -0.1) is 0 Å². The molecule has 0 saturated carbocycles. The summed E-state index contributed by atoms with van der Waals surface area (Å²) in [6.07, 6.45) is 14.3. The van der Waals surface area contributed by atoms with Crippen LogP contribution in [-0.2, 0) is 19.2 Å². The van der Waals surface area contributed by atoms with Crippen LogP contribution in [0.3, 0.4) is 0 Å². The van der Waals surface area contributed by atoms with Crippen LogP contribution in [0.1, 0.15) is 61.3 Å². The first-order chi connectivity index (χ1) is 21.8. The van der Waals surface area contributed by atoms with Crippen LogP contribution >= 0.6 is 23.2 Å². The Balaban J connectivity index is 0.000000437. The molecule has 3 N–H and O–H groups in total. The van der Waals surface area contributed by atoms with Crippen LogP contribution in [-0.4, -0.2) is 54.1 Å². The molecule has 1 aliphatic rings. The number of benzene rings is 2. The lowest BCUT2D eigenvalue weighted by Gasteiger charge is -2.26. The Hall–Kier alpha value is -4.04. The Labute approximate surface area is 282 Å². The zero-order chi connectivity index (χ0) is 34.6. The summed E-state index contributed by atoms with van der Waals surface area (Å²) >= 11 is 12.1. The van der Waals surface area contributed by atoms with Crippen LogP contribution in [0.2, 0.25) is 10.0 Å². The quantitative estimate of drug-likeness (QED) is 0.143. The summed E-state index contributed by atoms with van der Waals surface area (Å²) in [5, 5.41) is 9.07. The first-order valence-electron chi connectivity index (χ1n) is 14.9. The van der Waals surface area contributed by atoms with Gasteiger partial charge in [0.05, 0.1) is 10.0 Å². The lowest BCUT2D eigenvalue weighted by Crippen LogP contribution is -2.34. The number of aryl methyl sites for hydroxylation is 2. The van der Waals surface area contributed by atoms with Gasteiger partial charge in [0.25, 0.3) is 0 Å². The molecule has 0 atom stereocenters. The van der Waals surface area contributed by atoms with Crippen LogP contribution < -0.4 is 5.73 Å². The van der Waals surface area contributed by atoms with E-state index >= 15 is 0 Å². The second-order valence-electron chi connectivity index (χ2n) is 10.7. The molecule has 0 unspecified atom stereocenters. The van der Waals surface area contributed by atoms with Crippen molar-refractivity contribution in [3.63, 3.8) is 0 Å². The lowest BCUT2D eigenvalue weighted by molar-refractivity contribution is -0.137. The van der Waals surface area contributed by atoms with E-state index in [4.69, 9.17) is 34.0 Å². The van der Waals surface area contributed by atoms with E-state index in [1.807, 2.05) is 50.4 Å². The first kappa shape index (κ1) is 40.0. The summed E-state index contributed by atoms with van der Waals surface area (Å²) in [6.45, 7) is 11.0. The van der Waals surface area contributed by atoms with Crippen molar-refractivity contribution in [1.29, 1.82) is 0 Å². The summed E-state index contributed by atoms with van der Waals surface area (Å²) < 4.78 is 0. The summed E-state index contributed by atoms with van der Waals surface area (Å²) in [6, 6.07) is 11.7. The number of piperidine rings is 1. The molecule has 2 aromatic rings. The molecule has 46 heavy (non-hydrogen) atoms. The maximum absolute atomic E-state index is 13.0. The minimum Gasteiger partial charge on any atom is -0.481 e. The van der Waals surface area contributed by atoms with Gasteiger partial charge in [0.15, 0.2) is 5.78 Å². The molecule has 7 nitrogen and oxygen atoms in total. The summed E-state index contributed by atoms with van der Waals surface area (Å²) in [4.78, 5) is 45.0. The highest BCUT2D eigenvalue weighted by atomic mass is 35.5. The number of Topliss-reactive ketones (excluding diaryl/α,β-unsaturated/α-hetero) is 1. The number of aldehydes is 1. The van der Waals surface area contributed by atoms with Crippen molar-refractivity contribution >= 4 is 59.3 Å². The van der Waals surface area contributed by atoms with Gasteiger partial charge < -0.3 is 15.6 Å². The standard InChI is InChI=1S/C22H21Cl2NO.C10H14O.C5H9NO3/c1-14-4-5-16(8-15(14)2)9-18-12-25(3)13-19(22(18)26)10-17-6-7-20(23)21(24)11-17;1-3-5-7-10(4-2)8-6-9-11;6-4(7)2-1-3-5(8)9/h4-11H,12-13H2,1-3H3;3-5,7,9H,1,6,8H2,2H3;1-3H2,(H2,6,7)(H,8,9)/b18-9+,19-10+;7-5-,10-4+;. The van der Waals surface area contributed by atoms with E-state index in [-0.39, 0.29) is 18.6 Å². The average molecular weight is 668 g/mol. The molecule has 1 fully saturated rings. The normalized spacial score (nSPS) is 15.2. The molecule has 0 radical (unpaired) electrons. The van der Waals surface area contributed by atoms with Gasteiger partial charge in [-0.3, -0.25) is 19.3 Å². The molecule has 2 aromatic carbocycles. The summed E-state index contributed by atoms with van der Waals surface area (Å²) in [5.74, 6) is -1.25. The number of likely N-dealkylation sites (N-methyl/N-ethyl adjacent to an activating group) is 1. The van der Waals surface area contributed by atoms with E-state index in [9.17, 15) is 19.2 Å². The molecule has 1 aliphatic heterocycles. The molecule has 1 amide bonds. The minimum absolute atomic E-state index is 0.0168. The minimum atomic E-state index is -0.892. The molecule has 0 aromatic heterocycles. The van der Waals surface area contributed by atoms with Crippen molar-refractivity contribution in [2.75, 3.05) is 20.1 Å². The Kier molecular flexibility index (Phi) is 18.8. The van der Waals surface area contributed by atoms with E-state index in [0.29, 0.717) is 36.0 Å². The second-order valence-corrected chi connectivity index (χ2v) is 11.5. The van der Waals surface area contributed by atoms with Crippen LogP contribution in [0, 0.1) is 13.8 Å². The average Bonchev–Trinajstić information content (AvgIpc) is 2.99. The predicted molar refractivity (Wildman–Crippen MR) is 190 cm³/mol. The molecular weight excluding hydrogens is 623 g/mol. The van der Waals surface area contributed by atoms with Gasteiger partial charge in [0, 0.05) is 43.5 Å². The number of carbonyl (C=O) groups excluding carboxylic acids is 3. The number of amides is 1. The number of nitrogens with zero attached hydrogens (tertiary/aromatic N) is 1. The number of carbonyl (C=O) groups is 4. The van der Waals surface area contributed by atoms with E-state index in [1.54, 1.807) is 18.2 Å².